The van der Waals surface area contributed by atoms with Gasteiger partial charge in [-0.15, -0.1) is 18.3 Å². The lowest BCUT2D eigenvalue weighted by molar-refractivity contribution is -0.274. The Labute approximate surface area is 665 Å². The fourth-order valence-electron chi connectivity index (χ4n) is 7.05. The van der Waals surface area contributed by atoms with Gasteiger partial charge in [-0.2, -0.15) is 116 Å². The fourth-order valence-corrected chi connectivity index (χ4v) is 7.05. The quantitative estimate of drug-likeness (QED) is 0.162. The Morgan fingerprint density at radius 1 is 0.308 bits per heavy atom. The van der Waals surface area contributed by atoms with Gasteiger partial charge in [-0.25, -0.2) is 33.7 Å². The van der Waals surface area contributed by atoms with Crippen LogP contribution in [0.15, 0.2) is 201 Å². The van der Waals surface area contributed by atoms with Gasteiger partial charge in [0.2, 0.25) is 5.82 Å². The predicted molar refractivity (Wildman–Crippen MR) is 379 cm³/mol. The molecule has 650 valence electrons. The van der Waals surface area contributed by atoms with Gasteiger partial charge in [0.05, 0.1) is 51.5 Å². The lowest BCUT2D eigenvalue weighted by atomic mass is 10.1. The third-order valence-corrected chi connectivity index (χ3v) is 13.4. The minimum atomic E-state index is -4.60. The number of aromatic hydroxyl groups is 1. The second-order valence-electron chi connectivity index (χ2n) is 24.0. The highest BCUT2D eigenvalue weighted by atomic mass is 19.4. The summed E-state index contributed by atoms with van der Waals surface area (Å²) in [6, 6.07) is 36.3. The minimum Gasteiger partial charge on any atom is -0.508 e. The van der Waals surface area contributed by atoms with Crippen LogP contribution in [0, 0.1) is 87.5 Å². The molecule has 11 rings (SSSR count). The zero-order valence-corrected chi connectivity index (χ0v) is 63.9. The van der Waals surface area contributed by atoms with Gasteiger partial charge in [-0.05, 0) is 172 Å². The summed E-state index contributed by atoms with van der Waals surface area (Å²) in [5.74, 6) is -1.28. The molecule has 5 aromatic carbocycles. The van der Waals surface area contributed by atoms with Gasteiger partial charge in [0, 0.05) is 54.6 Å². The van der Waals surface area contributed by atoms with Gasteiger partial charge in [0.1, 0.15) is 23.0 Å². The van der Waals surface area contributed by atoms with Crippen molar-refractivity contribution in [3.63, 3.8) is 0 Å². The summed E-state index contributed by atoms with van der Waals surface area (Å²) in [4.78, 5) is 26.4. The topological polar surface area (TPSA) is 182 Å². The molecule has 6 heterocycles. The number of alkyl halides is 29. The van der Waals surface area contributed by atoms with Crippen LogP contribution >= 0.6 is 0 Å². The van der Waals surface area contributed by atoms with E-state index >= 15 is 0 Å². The maximum Gasteiger partial charge on any atom is 0.573 e. The Bertz CT molecular complexity index is 4220. The normalized spacial score (nSPS) is 11.3. The highest BCUT2D eigenvalue weighted by Gasteiger charge is 2.37. The molecule has 0 radical (unpaired) electrons. The van der Waals surface area contributed by atoms with Crippen LogP contribution in [0.5, 0.6) is 11.5 Å². The van der Waals surface area contributed by atoms with Crippen LogP contribution in [-0.4, -0.2) is 61.5 Å². The lowest BCUT2D eigenvalue weighted by Gasteiger charge is -2.08. The molecule has 6 aromatic heterocycles. The maximum atomic E-state index is 12.0. The molecule has 120 heavy (non-hydrogen) atoms. The second-order valence-corrected chi connectivity index (χ2v) is 24.0. The number of rotatable bonds is 2. The first kappa shape index (κ1) is 106. The molecule has 0 fully saturated rings. The van der Waals surface area contributed by atoms with E-state index in [1.54, 1.807) is 72.7 Å². The summed E-state index contributed by atoms with van der Waals surface area (Å²) in [5, 5.41) is 23.6. The number of halogens is 29. The lowest BCUT2D eigenvalue weighted by Crippen LogP contribution is -2.16. The second kappa shape index (κ2) is 47.4. The van der Waals surface area contributed by atoms with E-state index in [0.717, 1.165) is 114 Å². The van der Waals surface area contributed by atoms with Crippen molar-refractivity contribution in [2.75, 3.05) is 0 Å². The molecule has 0 saturated carbocycles. The number of hydrogen-bond acceptors (Lipinski definition) is 13. The molecule has 0 amide bonds. The number of phenolic OH excluding ortho intramolecular Hbond substituents is 1. The van der Waals surface area contributed by atoms with E-state index in [1.165, 1.54) is 86.3 Å². The molecule has 13 nitrogen and oxygen atoms in total. The fraction of sp³-hybridized carbons (Fsp3) is 0.269. The minimum absolute atomic E-state index is 0.0885. The summed E-state index contributed by atoms with van der Waals surface area (Å²) < 4.78 is 347. The van der Waals surface area contributed by atoms with E-state index in [9.17, 15) is 127 Å². The molecule has 0 aliphatic carbocycles. The van der Waals surface area contributed by atoms with E-state index < -0.39 is 107 Å². The van der Waals surface area contributed by atoms with Crippen LogP contribution in [0.25, 0.3) is 0 Å². The number of aryl methyl sites for hydroxylation is 11. The van der Waals surface area contributed by atoms with Crippen LogP contribution < -0.4 is 4.74 Å². The van der Waals surface area contributed by atoms with Crippen molar-refractivity contribution < 1.29 is 137 Å². The Kier molecular flexibility index (Phi) is 41.8. The first-order valence-corrected chi connectivity index (χ1v) is 33.0. The van der Waals surface area contributed by atoms with E-state index in [-0.39, 0.29) is 17.1 Å². The summed E-state index contributed by atoms with van der Waals surface area (Å²) >= 11 is 0. The molecule has 0 saturated heterocycles. The van der Waals surface area contributed by atoms with Crippen LogP contribution in [-0.2, 0) is 49.4 Å². The van der Waals surface area contributed by atoms with Gasteiger partial charge in [-0.1, -0.05) is 95.1 Å². The Balaban J connectivity index is 0.000000660. The first-order chi connectivity index (χ1) is 54.9. The molecule has 0 spiro atoms. The molecule has 1 N–H and O–H groups in total. The largest absolute Gasteiger partial charge is 0.573 e. The molecular weight excluding hydrogens is 1670 g/mol. The van der Waals surface area contributed by atoms with Crippen LogP contribution in [0.1, 0.15) is 125 Å². The van der Waals surface area contributed by atoms with E-state index in [1.807, 2.05) is 38.1 Å². The van der Waals surface area contributed by atoms with Gasteiger partial charge >= 0.3 is 55.8 Å². The Hall–Kier alpha value is -12.2. The van der Waals surface area contributed by atoms with Crippen LogP contribution in [0.2, 0.25) is 0 Å². The van der Waals surface area contributed by atoms with Crippen LogP contribution in [0.3, 0.4) is 0 Å². The monoisotopic (exact) mass is 1740 g/mol. The smallest absolute Gasteiger partial charge is 0.508 e. The molecule has 0 bridgehead atoms. The number of pyridine rings is 2. The van der Waals surface area contributed by atoms with Gasteiger partial charge in [0.15, 0.2) is 11.4 Å². The number of ether oxygens (including phenoxy) is 1. The van der Waals surface area contributed by atoms with Crippen molar-refractivity contribution >= 4 is 0 Å². The predicted octanol–water partition coefficient (Wildman–Crippen LogP) is 25.5. The molecule has 0 atom stereocenters. The average molecular weight is 1740 g/mol. The highest BCUT2D eigenvalue weighted by molar-refractivity contribution is 5.37. The van der Waals surface area contributed by atoms with E-state index in [4.69, 9.17) is 10.4 Å². The molecule has 0 aliphatic rings. The maximum absolute atomic E-state index is 12.0. The van der Waals surface area contributed by atoms with Crippen molar-refractivity contribution in [3.8, 4) is 17.6 Å². The standard InChI is InChI=1S/2C8H7F3O.C8H7F3.C8H8F2.C8H7N.2C7H6F3N.4C6H5F3N2/c1-6-2-4-7(5-3-6)12-8(9,10)11;1-5-2-3-6(4-7(5)12)8(9,10)11;1-6-2-4-7(5-3-6)8(9,10)11;1-6-2-4-7(5-3-6)8(9)10;1-7-2-4-8(6-9)5-3-7;1-5-2-3-6(4-11-5)7(8,9)10;1-5-2-3-6(11-4-5)7(8,9)10;1-4-10-2-5(3-11-4)6(7,8)9;1-4-2-11-5(3-10-4)6(7,8)9;1-4-2-10-5(11-3-4)6(7,8)9;1-4-2-3-5(11-10-4)6(7,8)9/h2-5H,1H3;2-4,12H,1H3;2-5H,1H3;2-5,8H,1H3;2-5H,1H3;2*2-4H,1H3;4*2-3H,1H3. The molecule has 11 aromatic rings. The van der Waals surface area contributed by atoms with Crippen molar-refractivity contribution in [1.29, 1.82) is 5.26 Å². The third-order valence-electron chi connectivity index (χ3n) is 13.4. The third kappa shape index (κ3) is 45.5. The summed E-state index contributed by atoms with van der Waals surface area (Å²) in [7, 11) is 0. The number of phenols is 1. The SMILES string of the molecule is Cc1ccc(C#N)cc1.Cc1ccc(C(F)(F)F)cc1.Cc1ccc(C(F)(F)F)cc1O.Cc1ccc(C(F)(F)F)cn1.Cc1ccc(C(F)(F)F)nc1.Cc1ccc(C(F)(F)F)nn1.Cc1ccc(C(F)F)cc1.Cc1ccc(OC(F)(F)F)cc1.Cc1cnc(C(F)(F)F)cn1.Cc1cnc(C(F)(F)F)nc1.Cc1ncc(C(F)(F)F)cn1. The van der Waals surface area contributed by atoms with E-state index in [0.29, 0.717) is 34.0 Å². The average Bonchev–Trinajstić information content (AvgIpc) is 0.851. The summed E-state index contributed by atoms with van der Waals surface area (Å²) in [5.41, 5.74) is 2.31. The Morgan fingerprint density at radius 3 is 1.05 bits per heavy atom. The molecule has 0 unspecified atom stereocenters. The number of nitriles is 1. The summed E-state index contributed by atoms with van der Waals surface area (Å²) in [6.45, 7) is 18.6. The number of nitrogens with zero attached hydrogens (tertiary/aromatic N) is 11. The first-order valence-electron chi connectivity index (χ1n) is 33.0. The zero-order chi connectivity index (χ0) is 92.2. The van der Waals surface area contributed by atoms with Crippen LogP contribution in [0.4, 0.5) is 127 Å². The number of hydrogen-bond donors (Lipinski definition) is 1. The van der Waals surface area contributed by atoms with Crippen molar-refractivity contribution in [2.45, 2.75) is 138 Å². The molecular formula is C78H68F29N11O2. The molecule has 0 aliphatic heterocycles. The van der Waals surface area contributed by atoms with Gasteiger partial charge in [0.25, 0.3) is 6.43 Å². The van der Waals surface area contributed by atoms with E-state index in [2.05, 4.69) is 60.9 Å². The van der Waals surface area contributed by atoms with Crippen molar-refractivity contribution in [2.24, 2.45) is 0 Å². The van der Waals surface area contributed by atoms with Gasteiger partial charge < -0.3 is 9.84 Å². The number of benzene rings is 5. The van der Waals surface area contributed by atoms with Crippen molar-refractivity contribution in [3.05, 3.63) is 319 Å². The molecule has 42 heteroatoms. The van der Waals surface area contributed by atoms with Crippen molar-refractivity contribution in [1.82, 2.24) is 50.1 Å². The zero-order valence-electron chi connectivity index (χ0n) is 63.9. The Morgan fingerprint density at radius 2 is 0.692 bits per heavy atom. The summed E-state index contributed by atoms with van der Waals surface area (Å²) in [6.07, 6.45) is -34.1. The number of aromatic nitrogens is 10. The van der Waals surface area contributed by atoms with Gasteiger partial charge in [-0.3, -0.25) is 15.0 Å². The highest BCUT2D eigenvalue weighted by Crippen LogP contribution is 2.35.